The lowest BCUT2D eigenvalue weighted by atomic mass is 10.3. The van der Waals surface area contributed by atoms with E-state index in [1.165, 1.54) is 13.8 Å². The van der Waals surface area contributed by atoms with E-state index in [4.69, 9.17) is 0 Å². The van der Waals surface area contributed by atoms with Crippen molar-refractivity contribution in [2.75, 3.05) is 13.2 Å². The molecule has 0 spiro atoms. The van der Waals surface area contributed by atoms with Crippen LogP contribution in [0, 0.1) is 0 Å². The van der Waals surface area contributed by atoms with Crippen molar-refractivity contribution in [2.45, 2.75) is 20.3 Å². The first-order valence-corrected chi connectivity index (χ1v) is 3.81. The first-order chi connectivity index (χ1) is 6.02. The lowest BCUT2D eigenvalue weighted by Gasteiger charge is -2.03. The van der Waals surface area contributed by atoms with E-state index in [0.717, 1.165) is 0 Å². The molecule has 0 saturated carbocycles. The minimum absolute atomic E-state index is 0.00824. The van der Waals surface area contributed by atoms with Crippen LogP contribution in [0.15, 0.2) is 0 Å². The molecule has 0 aliphatic heterocycles. The molecule has 0 unspecified atom stereocenters. The van der Waals surface area contributed by atoms with Crippen molar-refractivity contribution in [1.29, 1.82) is 0 Å². The summed E-state index contributed by atoms with van der Waals surface area (Å²) in [5, 5.41) is 0. The molecular formula is C8H12O5. The second-order valence-corrected chi connectivity index (χ2v) is 2.44. The average molecular weight is 188 g/mol. The molecule has 0 saturated heterocycles. The van der Waals surface area contributed by atoms with Gasteiger partial charge in [0.2, 0.25) is 0 Å². The highest BCUT2D eigenvalue weighted by molar-refractivity contribution is 5.94. The molecule has 0 N–H and O–H groups in total. The van der Waals surface area contributed by atoms with Gasteiger partial charge in [-0.15, -0.1) is 0 Å². The summed E-state index contributed by atoms with van der Waals surface area (Å²) in [6.45, 7) is 2.58. The Morgan fingerprint density at radius 2 is 1.54 bits per heavy atom. The van der Waals surface area contributed by atoms with Gasteiger partial charge in [0, 0.05) is 6.92 Å². The molecule has 0 aromatic rings. The van der Waals surface area contributed by atoms with Gasteiger partial charge in [0.25, 0.3) is 0 Å². The van der Waals surface area contributed by atoms with Gasteiger partial charge in [-0.25, -0.2) is 0 Å². The van der Waals surface area contributed by atoms with Gasteiger partial charge in [-0.05, 0) is 6.92 Å². The third kappa shape index (κ3) is 8.52. The summed E-state index contributed by atoms with van der Waals surface area (Å²) in [7, 11) is 0. The maximum atomic E-state index is 10.7. The van der Waals surface area contributed by atoms with Gasteiger partial charge in [-0.3, -0.25) is 14.4 Å². The first-order valence-electron chi connectivity index (χ1n) is 3.81. The molecule has 0 aliphatic carbocycles. The molecule has 0 aromatic carbocycles. The summed E-state index contributed by atoms with van der Waals surface area (Å²) in [5.41, 5.74) is 0. The normalized spacial score (nSPS) is 9.08. The Balaban J connectivity index is 3.37. The second-order valence-electron chi connectivity index (χ2n) is 2.44. The molecule has 0 aliphatic rings. The number of esters is 2. The number of carbonyl (C=O) groups is 3. The molecule has 5 heteroatoms. The molecule has 0 radical (unpaired) electrons. The van der Waals surface area contributed by atoms with Gasteiger partial charge in [-0.1, -0.05) is 0 Å². The highest BCUT2D eigenvalue weighted by Crippen LogP contribution is 1.88. The average Bonchev–Trinajstić information content (AvgIpc) is 1.96. The van der Waals surface area contributed by atoms with E-state index in [0.29, 0.717) is 0 Å². The summed E-state index contributed by atoms with van der Waals surface area (Å²) in [4.78, 5) is 31.4. The van der Waals surface area contributed by atoms with Crippen molar-refractivity contribution >= 4 is 17.7 Å². The Morgan fingerprint density at radius 1 is 1.00 bits per heavy atom. The fourth-order valence-corrected chi connectivity index (χ4v) is 0.595. The SMILES string of the molecule is CC(=O)CC(=O)OCCOC(C)=O. The standard InChI is InChI=1S/C8H12O5/c1-6(9)5-8(11)13-4-3-12-7(2)10/h3-5H2,1-2H3. The molecule has 0 aromatic heterocycles. The second kappa shape index (κ2) is 6.16. The number of ether oxygens (including phenoxy) is 2. The highest BCUT2D eigenvalue weighted by Gasteiger charge is 2.05. The molecule has 0 atom stereocenters. The Labute approximate surface area is 76.0 Å². The highest BCUT2D eigenvalue weighted by atomic mass is 16.6. The van der Waals surface area contributed by atoms with Crippen LogP contribution in [-0.4, -0.2) is 30.9 Å². The summed E-state index contributed by atoms with van der Waals surface area (Å²) in [6.07, 6.45) is -0.236. The predicted octanol–water partition coefficient (Wildman–Crippen LogP) is 0.0718. The van der Waals surface area contributed by atoms with E-state index in [9.17, 15) is 14.4 Å². The largest absolute Gasteiger partial charge is 0.462 e. The number of Topliss-reactive ketones (excluding diaryl/α,β-unsaturated/α-hetero) is 1. The first kappa shape index (κ1) is 11.6. The van der Waals surface area contributed by atoms with Crippen LogP contribution in [0.25, 0.3) is 0 Å². The van der Waals surface area contributed by atoms with Crippen LogP contribution >= 0.6 is 0 Å². The summed E-state index contributed by atoms with van der Waals surface area (Å²) in [6, 6.07) is 0. The molecule has 13 heavy (non-hydrogen) atoms. The van der Waals surface area contributed by atoms with Crippen LogP contribution in [0.2, 0.25) is 0 Å². The summed E-state index contributed by atoms with van der Waals surface area (Å²) >= 11 is 0. The lowest BCUT2D eigenvalue weighted by Crippen LogP contribution is -2.14. The number of rotatable bonds is 5. The van der Waals surface area contributed by atoms with Gasteiger partial charge >= 0.3 is 11.9 Å². The fourth-order valence-electron chi connectivity index (χ4n) is 0.595. The molecule has 0 heterocycles. The zero-order valence-electron chi connectivity index (χ0n) is 7.66. The predicted molar refractivity (Wildman–Crippen MR) is 42.9 cm³/mol. The van der Waals surface area contributed by atoms with Crippen molar-refractivity contribution < 1.29 is 23.9 Å². The van der Waals surface area contributed by atoms with Crippen LogP contribution in [0.5, 0.6) is 0 Å². The van der Waals surface area contributed by atoms with Crippen LogP contribution in [0.3, 0.4) is 0 Å². The molecule has 5 nitrogen and oxygen atoms in total. The van der Waals surface area contributed by atoms with Gasteiger partial charge in [-0.2, -0.15) is 0 Å². The number of ketones is 1. The van der Waals surface area contributed by atoms with E-state index in [1.54, 1.807) is 0 Å². The quantitative estimate of drug-likeness (QED) is 0.347. The zero-order valence-corrected chi connectivity index (χ0v) is 7.66. The Morgan fingerprint density at radius 3 is 2.00 bits per heavy atom. The van der Waals surface area contributed by atoms with Crippen molar-refractivity contribution in [1.82, 2.24) is 0 Å². The smallest absolute Gasteiger partial charge is 0.313 e. The maximum Gasteiger partial charge on any atom is 0.313 e. The van der Waals surface area contributed by atoms with E-state index >= 15 is 0 Å². The summed E-state index contributed by atoms with van der Waals surface area (Å²) < 4.78 is 9.06. The Bertz CT molecular complexity index is 209. The van der Waals surface area contributed by atoms with Crippen LogP contribution in [0.4, 0.5) is 0 Å². The zero-order chi connectivity index (χ0) is 10.3. The summed E-state index contributed by atoms with van der Waals surface area (Å²) in [5.74, 6) is -1.28. The van der Waals surface area contributed by atoms with Crippen molar-refractivity contribution in [3.8, 4) is 0 Å². The maximum absolute atomic E-state index is 10.7. The van der Waals surface area contributed by atoms with E-state index in [-0.39, 0.29) is 25.4 Å². The third-order valence-corrected chi connectivity index (χ3v) is 1.04. The van der Waals surface area contributed by atoms with Crippen LogP contribution < -0.4 is 0 Å². The van der Waals surface area contributed by atoms with Crippen molar-refractivity contribution in [3.63, 3.8) is 0 Å². The fraction of sp³-hybridized carbons (Fsp3) is 0.625. The Hall–Kier alpha value is -1.39. The number of hydrogen-bond donors (Lipinski definition) is 0. The lowest BCUT2D eigenvalue weighted by molar-refractivity contribution is -0.152. The van der Waals surface area contributed by atoms with Crippen molar-refractivity contribution in [3.05, 3.63) is 0 Å². The molecule has 0 amide bonds. The topological polar surface area (TPSA) is 69.7 Å². The molecule has 74 valence electrons. The van der Waals surface area contributed by atoms with Gasteiger partial charge < -0.3 is 9.47 Å². The van der Waals surface area contributed by atoms with Crippen LogP contribution in [-0.2, 0) is 23.9 Å². The molecular weight excluding hydrogens is 176 g/mol. The van der Waals surface area contributed by atoms with Gasteiger partial charge in [0.05, 0.1) is 0 Å². The van der Waals surface area contributed by atoms with E-state index in [2.05, 4.69) is 9.47 Å². The van der Waals surface area contributed by atoms with Gasteiger partial charge in [0.15, 0.2) is 0 Å². The molecule has 0 rings (SSSR count). The van der Waals surface area contributed by atoms with E-state index < -0.39 is 11.9 Å². The van der Waals surface area contributed by atoms with E-state index in [1.807, 2.05) is 0 Å². The van der Waals surface area contributed by atoms with Crippen molar-refractivity contribution in [2.24, 2.45) is 0 Å². The molecule has 0 bridgehead atoms. The number of hydrogen-bond acceptors (Lipinski definition) is 5. The third-order valence-electron chi connectivity index (χ3n) is 1.04. The molecule has 0 fully saturated rings. The minimum Gasteiger partial charge on any atom is -0.462 e. The minimum atomic E-state index is -0.598. The monoisotopic (exact) mass is 188 g/mol. The van der Waals surface area contributed by atoms with Gasteiger partial charge in [0.1, 0.15) is 25.4 Å². The number of carbonyl (C=O) groups excluding carboxylic acids is 3. The van der Waals surface area contributed by atoms with Crippen LogP contribution in [0.1, 0.15) is 20.3 Å². The Kier molecular flexibility index (Phi) is 5.50.